The highest BCUT2D eigenvalue weighted by atomic mass is 16.5. The Morgan fingerprint density at radius 2 is 2.14 bits per heavy atom. The van der Waals surface area contributed by atoms with E-state index in [-0.39, 0.29) is 18.1 Å². The third-order valence-corrected chi connectivity index (χ3v) is 3.10. The average Bonchev–Trinajstić information content (AvgIpc) is 2.93. The number of imidazole rings is 1. The zero-order valence-corrected chi connectivity index (χ0v) is 12.0. The number of ether oxygens (including phenoxy) is 1. The Morgan fingerprint density at radius 3 is 2.90 bits per heavy atom. The van der Waals surface area contributed by atoms with Gasteiger partial charge in [0.15, 0.2) is 0 Å². The zero-order valence-electron chi connectivity index (χ0n) is 12.0. The van der Waals surface area contributed by atoms with Crippen LogP contribution in [0.15, 0.2) is 12.4 Å². The fourth-order valence-corrected chi connectivity index (χ4v) is 2.16. The van der Waals surface area contributed by atoms with Crippen LogP contribution in [0.25, 0.3) is 0 Å². The number of hydrogen-bond acceptors (Lipinski definition) is 8. The first kappa shape index (κ1) is 13.6. The fraction of sp³-hybridized carbons (Fsp3) is 0.500. The summed E-state index contributed by atoms with van der Waals surface area (Å²) in [5, 5.41) is 0. The Hall–Kier alpha value is -2.42. The summed E-state index contributed by atoms with van der Waals surface area (Å²) >= 11 is 0. The minimum atomic E-state index is -0.0221. The van der Waals surface area contributed by atoms with E-state index in [4.69, 9.17) is 10.6 Å². The quantitative estimate of drug-likeness (QED) is 0.606. The van der Waals surface area contributed by atoms with Gasteiger partial charge in [-0.25, -0.2) is 10.8 Å². The lowest BCUT2D eigenvalue weighted by molar-refractivity contribution is 0.222. The van der Waals surface area contributed by atoms with E-state index in [0.29, 0.717) is 12.5 Å². The molecular weight excluding hydrogens is 272 g/mol. The van der Waals surface area contributed by atoms with Crippen molar-refractivity contribution in [2.45, 2.75) is 33.0 Å². The Bertz CT molecular complexity index is 625. The van der Waals surface area contributed by atoms with Crippen LogP contribution in [0.4, 0.5) is 11.9 Å². The molecule has 9 heteroatoms. The number of rotatable bonds is 4. The molecule has 0 saturated heterocycles. The maximum atomic E-state index is 5.54. The van der Waals surface area contributed by atoms with E-state index in [1.165, 1.54) is 0 Å². The van der Waals surface area contributed by atoms with Gasteiger partial charge in [0.05, 0.1) is 12.6 Å². The summed E-state index contributed by atoms with van der Waals surface area (Å²) in [7, 11) is 0. The van der Waals surface area contributed by atoms with Crippen LogP contribution in [0, 0.1) is 0 Å². The van der Waals surface area contributed by atoms with Gasteiger partial charge in [-0.3, -0.25) is 5.43 Å². The minimum Gasteiger partial charge on any atom is -0.461 e. The van der Waals surface area contributed by atoms with E-state index in [9.17, 15) is 0 Å². The van der Waals surface area contributed by atoms with Gasteiger partial charge in [0.2, 0.25) is 11.9 Å². The summed E-state index contributed by atoms with van der Waals surface area (Å²) in [5.41, 5.74) is 2.44. The highest BCUT2D eigenvalue weighted by molar-refractivity contribution is 5.38. The lowest BCUT2D eigenvalue weighted by atomic mass is 10.4. The van der Waals surface area contributed by atoms with Gasteiger partial charge in [-0.05, 0) is 13.8 Å². The summed E-state index contributed by atoms with van der Waals surface area (Å²) in [6.45, 7) is 6.10. The fourth-order valence-electron chi connectivity index (χ4n) is 2.16. The molecular formula is C12H18N8O. The second-order valence-corrected chi connectivity index (χ2v) is 5.01. The van der Waals surface area contributed by atoms with Gasteiger partial charge < -0.3 is 14.2 Å². The van der Waals surface area contributed by atoms with Crippen LogP contribution in [0.2, 0.25) is 0 Å². The number of nitrogen functional groups attached to an aromatic ring is 1. The monoisotopic (exact) mass is 290 g/mol. The van der Waals surface area contributed by atoms with Gasteiger partial charge in [-0.2, -0.15) is 15.0 Å². The third kappa shape index (κ3) is 2.87. The van der Waals surface area contributed by atoms with Crippen LogP contribution >= 0.6 is 0 Å². The Kier molecular flexibility index (Phi) is 3.57. The number of aromatic nitrogens is 5. The first-order valence-electron chi connectivity index (χ1n) is 6.80. The molecule has 21 heavy (non-hydrogen) atoms. The second-order valence-electron chi connectivity index (χ2n) is 5.01. The summed E-state index contributed by atoms with van der Waals surface area (Å²) in [6, 6.07) is 0.261. The van der Waals surface area contributed by atoms with Gasteiger partial charge in [0.1, 0.15) is 5.82 Å². The molecule has 1 aliphatic rings. The van der Waals surface area contributed by atoms with Gasteiger partial charge in [0, 0.05) is 25.5 Å². The Labute approximate surface area is 122 Å². The van der Waals surface area contributed by atoms with Crippen molar-refractivity contribution in [2.75, 3.05) is 16.9 Å². The first-order chi connectivity index (χ1) is 10.2. The summed E-state index contributed by atoms with van der Waals surface area (Å²) in [5.74, 6) is 7.21. The van der Waals surface area contributed by atoms with Crippen LogP contribution in [-0.2, 0) is 13.1 Å². The molecule has 2 aromatic rings. The van der Waals surface area contributed by atoms with Gasteiger partial charge >= 0.3 is 6.01 Å². The van der Waals surface area contributed by atoms with Crippen LogP contribution in [0.1, 0.15) is 19.7 Å². The SMILES string of the molecule is CC(C)Oc1nc(NN)nc(N2CCn3ccnc3C2)n1. The van der Waals surface area contributed by atoms with E-state index >= 15 is 0 Å². The lowest BCUT2D eigenvalue weighted by Gasteiger charge is -2.27. The molecule has 9 nitrogen and oxygen atoms in total. The molecule has 0 radical (unpaired) electrons. The molecule has 3 rings (SSSR count). The molecule has 3 N–H and O–H groups in total. The van der Waals surface area contributed by atoms with E-state index in [2.05, 4.69) is 29.9 Å². The van der Waals surface area contributed by atoms with E-state index in [0.717, 1.165) is 18.9 Å². The molecule has 0 unspecified atom stereocenters. The molecule has 3 heterocycles. The van der Waals surface area contributed by atoms with Crippen molar-refractivity contribution in [1.82, 2.24) is 24.5 Å². The molecule has 0 atom stereocenters. The number of nitrogens with one attached hydrogen (secondary N) is 1. The molecule has 1 aliphatic heterocycles. The Balaban J connectivity index is 1.87. The highest BCUT2D eigenvalue weighted by Crippen LogP contribution is 2.20. The van der Waals surface area contributed by atoms with Crippen LogP contribution < -0.4 is 20.9 Å². The molecule has 2 aromatic heterocycles. The third-order valence-electron chi connectivity index (χ3n) is 3.10. The predicted molar refractivity (Wildman–Crippen MR) is 76.7 cm³/mol. The average molecular weight is 290 g/mol. The van der Waals surface area contributed by atoms with Crippen molar-refractivity contribution in [3.05, 3.63) is 18.2 Å². The normalized spacial score (nSPS) is 14.2. The van der Waals surface area contributed by atoms with E-state index in [1.807, 2.05) is 24.9 Å². The number of hydrazine groups is 1. The van der Waals surface area contributed by atoms with Crippen molar-refractivity contribution >= 4 is 11.9 Å². The standard InChI is InChI=1S/C12H18N8O/c1-8(2)21-12-16-10(18-13)15-11(17-12)20-6-5-19-4-3-14-9(19)7-20/h3-4,8H,5-7,13H2,1-2H3,(H,15,16,17,18). The number of fused-ring (bicyclic) bond motifs is 1. The summed E-state index contributed by atoms with van der Waals surface area (Å²) in [4.78, 5) is 19.1. The molecule has 112 valence electrons. The molecule has 0 fully saturated rings. The number of nitrogens with zero attached hydrogens (tertiary/aromatic N) is 6. The predicted octanol–water partition coefficient (Wildman–Crippen LogP) is 0.161. The number of anilines is 2. The molecule has 0 spiro atoms. The molecule has 0 saturated carbocycles. The molecule has 0 bridgehead atoms. The van der Waals surface area contributed by atoms with Gasteiger partial charge in [-0.15, -0.1) is 0 Å². The largest absolute Gasteiger partial charge is 0.461 e. The van der Waals surface area contributed by atoms with E-state index in [1.54, 1.807) is 6.20 Å². The maximum absolute atomic E-state index is 5.54. The minimum absolute atomic E-state index is 0.0221. The van der Waals surface area contributed by atoms with Crippen molar-refractivity contribution in [1.29, 1.82) is 0 Å². The summed E-state index contributed by atoms with van der Waals surface area (Å²) in [6.07, 6.45) is 3.75. The summed E-state index contributed by atoms with van der Waals surface area (Å²) < 4.78 is 7.65. The van der Waals surface area contributed by atoms with E-state index < -0.39 is 0 Å². The van der Waals surface area contributed by atoms with Gasteiger partial charge in [0.25, 0.3) is 0 Å². The van der Waals surface area contributed by atoms with Crippen LogP contribution in [0.5, 0.6) is 6.01 Å². The topological polar surface area (TPSA) is 107 Å². The first-order valence-corrected chi connectivity index (χ1v) is 6.80. The van der Waals surface area contributed by atoms with Crippen molar-refractivity contribution < 1.29 is 4.74 Å². The van der Waals surface area contributed by atoms with Gasteiger partial charge in [-0.1, -0.05) is 0 Å². The van der Waals surface area contributed by atoms with Crippen LogP contribution in [-0.4, -0.2) is 37.2 Å². The van der Waals surface area contributed by atoms with Crippen molar-refractivity contribution in [3.8, 4) is 6.01 Å². The highest BCUT2D eigenvalue weighted by Gasteiger charge is 2.21. The molecule has 0 amide bonds. The zero-order chi connectivity index (χ0) is 14.8. The van der Waals surface area contributed by atoms with Crippen molar-refractivity contribution in [3.63, 3.8) is 0 Å². The number of hydrogen-bond donors (Lipinski definition) is 2. The molecule has 0 aliphatic carbocycles. The van der Waals surface area contributed by atoms with Crippen molar-refractivity contribution in [2.24, 2.45) is 5.84 Å². The smallest absolute Gasteiger partial charge is 0.323 e. The van der Waals surface area contributed by atoms with Crippen LogP contribution in [0.3, 0.4) is 0 Å². The maximum Gasteiger partial charge on any atom is 0.323 e. The Morgan fingerprint density at radius 1 is 1.29 bits per heavy atom. The molecule has 0 aromatic carbocycles. The lowest BCUT2D eigenvalue weighted by Crippen LogP contribution is -2.35. The second kappa shape index (κ2) is 5.52. The number of nitrogens with two attached hydrogens (primary N) is 1.